The maximum Gasteiger partial charge on any atom is 0.338 e. The number of halogens is 1. The molecule has 0 aliphatic carbocycles. The van der Waals surface area contributed by atoms with Gasteiger partial charge in [0, 0.05) is 6.61 Å². The predicted molar refractivity (Wildman–Crippen MR) is 67.2 cm³/mol. The van der Waals surface area contributed by atoms with E-state index in [-0.39, 0.29) is 5.56 Å². The van der Waals surface area contributed by atoms with Gasteiger partial charge < -0.3 is 9.84 Å². The van der Waals surface area contributed by atoms with Crippen molar-refractivity contribution in [2.75, 3.05) is 6.61 Å². The fourth-order valence-corrected chi connectivity index (χ4v) is 1.65. The predicted octanol–water partition coefficient (Wildman–Crippen LogP) is 3.62. The zero-order valence-corrected chi connectivity index (χ0v) is 10.6. The van der Waals surface area contributed by atoms with Gasteiger partial charge in [-0.3, -0.25) is 0 Å². The number of benzene rings is 1. The molecule has 1 aromatic carbocycles. The minimum absolute atomic E-state index is 0.304. The number of carboxylic acids is 1. The molecule has 18 heavy (non-hydrogen) atoms. The second-order valence-corrected chi connectivity index (χ2v) is 4.23. The van der Waals surface area contributed by atoms with Crippen molar-refractivity contribution in [3.05, 3.63) is 35.1 Å². The second kappa shape index (κ2) is 7.82. The van der Waals surface area contributed by atoms with Gasteiger partial charge in [0.1, 0.15) is 5.82 Å². The molecule has 0 heterocycles. The first-order valence-corrected chi connectivity index (χ1v) is 6.24. The Morgan fingerprint density at radius 3 is 2.78 bits per heavy atom. The molecule has 1 N–H and O–H groups in total. The van der Waals surface area contributed by atoms with Crippen molar-refractivity contribution >= 4 is 5.97 Å². The van der Waals surface area contributed by atoms with E-state index in [1.807, 2.05) is 0 Å². The second-order valence-electron chi connectivity index (χ2n) is 4.23. The fourth-order valence-electron chi connectivity index (χ4n) is 1.65. The van der Waals surface area contributed by atoms with Crippen LogP contribution in [0.25, 0.3) is 0 Å². The third-order valence-electron chi connectivity index (χ3n) is 2.67. The number of unbranched alkanes of at least 4 members (excludes halogenated alkanes) is 3. The van der Waals surface area contributed by atoms with Gasteiger partial charge in [0.2, 0.25) is 0 Å². The summed E-state index contributed by atoms with van der Waals surface area (Å²) >= 11 is 0. The van der Waals surface area contributed by atoms with Gasteiger partial charge in [-0.1, -0.05) is 32.3 Å². The Morgan fingerprint density at radius 2 is 2.11 bits per heavy atom. The van der Waals surface area contributed by atoms with Crippen LogP contribution < -0.4 is 0 Å². The summed E-state index contributed by atoms with van der Waals surface area (Å²) in [6.07, 6.45) is 4.52. The lowest BCUT2D eigenvalue weighted by atomic mass is 10.1. The van der Waals surface area contributed by atoms with E-state index in [4.69, 9.17) is 9.84 Å². The van der Waals surface area contributed by atoms with Crippen LogP contribution in [0.4, 0.5) is 4.39 Å². The lowest BCUT2D eigenvalue weighted by molar-refractivity contribution is 0.0691. The number of carboxylic acid groups (broad SMARTS) is 1. The van der Waals surface area contributed by atoms with Crippen molar-refractivity contribution in [1.82, 2.24) is 0 Å². The summed E-state index contributed by atoms with van der Waals surface area (Å²) in [5.41, 5.74) is 0.381. The molecular weight excluding hydrogens is 235 g/mol. The fraction of sp³-hybridized carbons (Fsp3) is 0.500. The van der Waals surface area contributed by atoms with Gasteiger partial charge in [0.05, 0.1) is 12.2 Å². The van der Waals surface area contributed by atoms with Crippen molar-refractivity contribution in [3.63, 3.8) is 0 Å². The summed E-state index contributed by atoms with van der Waals surface area (Å²) in [6.45, 7) is 3.12. The van der Waals surface area contributed by atoms with Gasteiger partial charge >= 0.3 is 5.97 Å². The van der Waals surface area contributed by atoms with Crippen LogP contribution in [0.5, 0.6) is 0 Å². The molecule has 0 spiro atoms. The van der Waals surface area contributed by atoms with Crippen molar-refractivity contribution < 1.29 is 19.0 Å². The highest BCUT2D eigenvalue weighted by atomic mass is 19.1. The highest BCUT2D eigenvalue weighted by Crippen LogP contribution is 2.12. The first-order chi connectivity index (χ1) is 8.65. The van der Waals surface area contributed by atoms with Gasteiger partial charge in [0.25, 0.3) is 0 Å². The molecule has 1 aromatic rings. The standard InChI is InChI=1S/C14H19FO3/c1-2-3-4-5-8-18-10-11-6-7-13(15)12(9-11)14(16)17/h6-7,9H,2-5,8,10H2,1H3,(H,16,17). The monoisotopic (exact) mass is 254 g/mol. The number of hydrogen-bond donors (Lipinski definition) is 1. The van der Waals surface area contributed by atoms with E-state index in [0.29, 0.717) is 18.8 Å². The average Bonchev–Trinajstić information content (AvgIpc) is 2.35. The maximum atomic E-state index is 13.1. The summed E-state index contributed by atoms with van der Waals surface area (Å²) in [6, 6.07) is 4.04. The molecule has 0 saturated carbocycles. The van der Waals surface area contributed by atoms with E-state index in [1.165, 1.54) is 25.0 Å². The molecule has 3 nitrogen and oxygen atoms in total. The molecule has 0 amide bonds. The average molecular weight is 254 g/mol. The van der Waals surface area contributed by atoms with E-state index in [0.717, 1.165) is 12.8 Å². The number of carbonyl (C=O) groups is 1. The molecule has 0 unspecified atom stereocenters. The van der Waals surface area contributed by atoms with E-state index in [1.54, 1.807) is 6.07 Å². The number of rotatable bonds is 8. The van der Waals surface area contributed by atoms with E-state index in [9.17, 15) is 9.18 Å². The van der Waals surface area contributed by atoms with Crippen LogP contribution >= 0.6 is 0 Å². The van der Waals surface area contributed by atoms with E-state index in [2.05, 4.69) is 6.92 Å². The van der Waals surface area contributed by atoms with Crippen LogP contribution in [0.1, 0.15) is 48.5 Å². The molecular formula is C14H19FO3. The first kappa shape index (κ1) is 14.6. The number of ether oxygens (including phenoxy) is 1. The molecule has 4 heteroatoms. The Hall–Kier alpha value is -1.42. The lowest BCUT2D eigenvalue weighted by Crippen LogP contribution is -2.03. The van der Waals surface area contributed by atoms with Crippen LogP contribution in [0.15, 0.2) is 18.2 Å². The highest BCUT2D eigenvalue weighted by molar-refractivity contribution is 5.88. The van der Waals surface area contributed by atoms with Crippen molar-refractivity contribution in [2.24, 2.45) is 0 Å². The summed E-state index contributed by atoms with van der Waals surface area (Å²) in [4.78, 5) is 10.7. The summed E-state index contributed by atoms with van der Waals surface area (Å²) in [5, 5.41) is 8.78. The summed E-state index contributed by atoms with van der Waals surface area (Å²) < 4.78 is 18.6. The Bertz CT molecular complexity index is 391. The van der Waals surface area contributed by atoms with Gasteiger partial charge in [0.15, 0.2) is 0 Å². The molecule has 0 aliphatic rings. The van der Waals surface area contributed by atoms with E-state index >= 15 is 0 Å². The normalized spacial score (nSPS) is 10.6. The quantitative estimate of drug-likeness (QED) is 0.721. The minimum Gasteiger partial charge on any atom is -0.478 e. The minimum atomic E-state index is -1.25. The molecule has 0 fully saturated rings. The van der Waals surface area contributed by atoms with Crippen molar-refractivity contribution in [1.29, 1.82) is 0 Å². The summed E-state index contributed by atoms with van der Waals surface area (Å²) in [5.74, 6) is -1.97. The molecule has 0 bridgehead atoms. The maximum absolute atomic E-state index is 13.1. The number of hydrogen-bond acceptors (Lipinski definition) is 2. The largest absolute Gasteiger partial charge is 0.478 e. The van der Waals surface area contributed by atoms with Gasteiger partial charge in [-0.05, 0) is 24.1 Å². The zero-order chi connectivity index (χ0) is 13.4. The van der Waals surface area contributed by atoms with E-state index < -0.39 is 11.8 Å². The van der Waals surface area contributed by atoms with Crippen LogP contribution in [-0.2, 0) is 11.3 Å². The smallest absolute Gasteiger partial charge is 0.338 e. The van der Waals surface area contributed by atoms with Crippen LogP contribution in [0.2, 0.25) is 0 Å². The van der Waals surface area contributed by atoms with Crippen molar-refractivity contribution in [3.8, 4) is 0 Å². The zero-order valence-electron chi connectivity index (χ0n) is 10.6. The van der Waals surface area contributed by atoms with Gasteiger partial charge in [-0.15, -0.1) is 0 Å². The Labute approximate surface area is 107 Å². The number of aromatic carboxylic acids is 1. The summed E-state index contributed by atoms with van der Waals surface area (Å²) in [7, 11) is 0. The first-order valence-electron chi connectivity index (χ1n) is 6.24. The molecule has 1 rings (SSSR count). The molecule has 0 saturated heterocycles. The Balaban J connectivity index is 2.38. The lowest BCUT2D eigenvalue weighted by Gasteiger charge is -2.05. The Morgan fingerprint density at radius 1 is 1.33 bits per heavy atom. The van der Waals surface area contributed by atoms with Crippen LogP contribution in [-0.4, -0.2) is 17.7 Å². The highest BCUT2D eigenvalue weighted by Gasteiger charge is 2.10. The molecule has 0 atom stereocenters. The van der Waals surface area contributed by atoms with Gasteiger partial charge in [-0.25, -0.2) is 9.18 Å². The molecule has 100 valence electrons. The van der Waals surface area contributed by atoms with Crippen LogP contribution in [0.3, 0.4) is 0 Å². The Kier molecular flexibility index (Phi) is 6.36. The van der Waals surface area contributed by atoms with Crippen molar-refractivity contribution in [2.45, 2.75) is 39.2 Å². The van der Waals surface area contributed by atoms with Gasteiger partial charge in [-0.2, -0.15) is 0 Å². The third kappa shape index (κ3) is 4.84. The van der Waals surface area contributed by atoms with Crippen LogP contribution in [0, 0.1) is 5.82 Å². The SMILES string of the molecule is CCCCCCOCc1ccc(F)c(C(=O)O)c1. The third-order valence-corrected chi connectivity index (χ3v) is 2.67. The molecule has 0 aliphatic heterocycles. The topological polar surface area (TPSA) is 46.5 Å². The molecule has 0 aromatic heterocycles. The molecule has 0 radical (unpaired) electrons.